The Kier molecular flexibility index (Phi) is 2.55. The number of fused-ring (bicyclic) bond motifs is 4. The molecule has 110 valence electrons. The summed E-state index contributed by atoms with van der Waals surface area (Å²) in [5.41, 5.74) is 3.80. The highest BCUT2D eigenvalue weighted by Gasteiger charge is 2.38. The fraction of sp³-hybridized carbons (Fsp3) is 0.222. The molecule has 0 amide bonds. The fourth-order valence-electron chi connectivity index (χ4n) is 3.35. The van der Waals surface area contributed by atoms with Crippen molar-refractivity contribution in [3.8, 4) is 0 Å². The molecule has 3 nitrogen and oxygen atoms in total. The summed E-state index contributed by atoms with van der Waals surface area (Å²) in [4.78, 5) is 28.0. The highest BCUT2D eigenvalue weighted by atomic mass is 32.1. The van der Waals surface area contributed by atoms with Crippen LogP contribution in [0, 0.1) is 27.7 Å². The van der Waals surface area contributed by atoms with Crippen LogP contribution in [0.2, 0.25) is 0 Å². The lowest BCUT2D eigenvalue weighted by Crippen LogP contribution is -2.22. The van der Waals surface area contributed by atoms with E-state index in [0.29, 0.717) is 22.3 Å². The first kappa shape index (κ1) is 13.5. The van der Waals surface area contributed by atoms with E-state index in [4.69, 9.17) is 4.42 Å². The van der Waals surface area contributed by atoms with Crippen LogP contribution in [0.4, 0.5) is 0 Å². The molecule has 4 rings (SSSR count). The molecule has 1 aliphatic rings. The van der Waals surface area contributed by atoms with Crippen molar-refractivity contribution in [2.75, 3.05) is 0 Å². The van der Waals surface area contributed by atoms with Gasteiger partial charge in [-0.15, -0.1) is 11.3 Å². The fourth-order valence-corrected chi connectivity index (χ4v) is 4.35. The molecule has 0 aliphatic heterocycles. The van der Waals surface area contributed by atoms with E-state index in [-0.39, 0.29) is 17.3 Å². The monoisotopic (exact) mass is 310 g/mol. The van der Waals surface area contributed by atoms with Gasteiger partial charge in [-0.25, -0.2) is 0 Å². The van der Waals surface area contributed by atoms with Gasteiger partial charge in [0.15, 0.2) is 11.5 Å². The third-order valence-electron chi connectivity index (χ3n) is 4.40. The van der Waals surface area contributed by atoms with Gasteiger partial charge in [-0.05, 0) is 38.8 Å². The van der Waals surface area contributed by atoms with Gasteiger partial charge < -0.3 is 4.42 Å². The Hall–Kier alpha value is -2.20. The standard InChI is InChI=1S/C18H14O3S/c1-7-5-6-8(2)12-11(7)15(19)14-13-9(3)22-10(4)17(13)21-18(14)16(12)20/h5-6H,1-4H3. The van der Waals surface area contributed by atoms with E-state index >= 15 is 0 Å². The van der Waals surface area contributed by atoms with Crippen molar-refractivity contribution >= 4 is 33.9 Å². The van der Waals surface area contributed by atoms with E-state index in [0.717, 1.165) is 26.3 Å². The highest BCUT2D eigenvalue weighted by molar-refractivity contribution is 7.13. The van der Waals surface area contributed by atoms with Crippen molar-refractivity contribution in [1.29, 1.82) is 0 Å². The number of benzene rings is 1. The van der Waals surface area contributed by atoms with E-state index in [1.807, 2.05) is 39.8 Å². The van der Waals surface area contributed by atoms with Crippen LogP contribution in [-0.2, 0) is 0 Å². The Morgan fingerprint density at radius 1 is 0.818 bits per heavy atom. The Bertz CT molecular complexity index is 1000. The molecule has 0 fully saturated rings. The predicted molar refractivity (Wildman–Crippen MR) is 86.3 cm³/mol. The van der Waals surface area contributed by atoms with Gasteiger partial charge in [0.25, 0.3) is 0 Å². The normalized spacial score (nSPS) is 13.6. The molecule has 0 atom stereocenters. The molecule has 0 spiro atoms. The first-order chi connectivity index (χ1) is 10.4. The second kappa shape index (κ2) is 4.17. The lowest BCUT2D eigenvalue weighted by atomic mass is 9.82. The SMILES string of the molecule is Cc1ccc(C)c2c1C(=O)c1oc3c(C)sc(C)c3c1C2=O. The molecule has 0 radical (unpaired) electrons. The number of furan rings is 1. The van der Waals surface area contributed by atoms with E-state index in [1.54, 1.807) is 11.3 Å². The van der Waals surface area contributed by atoms with E-state index in [9.17, 15) is 9.59 Å². The van der Waals surface area contributed by atoms with E-state index in [1.165, 1.54) is 0 Å². The Morgan fingerprint density at radius 3 is 2.05 bits per heavy atom. The number of thiophene rings is 1. The van der Waals surface area contributed by atoms with Crippen molar-refractivity contribution in [2.24, 2.45) is 0 Å². The lowest BCUT2D eigenvalue weighted by molar-refractivity contribution is 0.0961. The summed E-state index contributed by atoms with van der Waals surface area (Å²) >= 11 is 1.60. The first-order valence-corrected chi connectivity index (χ1v) is 7.95. The highest BCUT2D eigenvalue weighted by Crippen LogP contribution is 2.42. The first-order valence-electron chi connectivity index (χ1n) is 7.14. The number of carbonyl (C=O) groups excluding carboxylic acids is 2. The molecular formula is C18H14O3S. The number of carbonyl (C=O) groups is 2. The van der Waals surface area contributed by atoms with Gasteiger partial charge >= 0.3 is 0 Å². The Morgan fingerprint density at radius 2 is 1.41 bits per heavy atom. The maximum atomic E-state index is 13.1. The molecule has 4 heteroatoms. The number of hydrogen-bond acceptors (Lipinski definition) is 4. The summed E-state index contributed by atoms with van der Waals surface area (Å²) in [6.45, 7) is 7.65. The van der Waals surface area contributed by atoms with Gasteiger partial charge in [0, 0.05) is 26.3 Å². The van der Waals surface area contributed by atoms with Crippen LogP contribution in [0.5, 0.6) is 0 Å². The van der Waals surface area contributed by atoms with Crippen LogP contribution in [0.25, 0.3) is 11.0 Å². The number of rotatable bonds is 0. The van der Waals surface area contributed by atoms with Crippen LogP contribution >= 0.6 is 11.3 Å². The molecule has 0 unspecified atom stereocenters. The molecule has 2 heterocycles. The van der Waals surface area contributed by atoms with Crippen LogP contribution < -0.4 is 0 Å². The zero-order valence-corrected chi connectivity index (χ0v) is 13.6. The van der Waals surface area contributed by atoms with Crippen LogP contribution in [0.1, 0.15) is 52.9 Å². The number of aryl methyl sites for hydroxylation is 4. The van der Waals surface area contributed by atoms with Crippen LogP contribution in [0.15, 0.2) is 16.5 Å². The summed E-state index contributed by atoms with van der Waals surface area (Å²) in [5, 5.41) is 0.808. The summed E-state index contributed by atoms with van der Waals surface area (Å²) in [7, 11) is 0. The summed E-state index contributed by atoms with van der Waals surface area (Å²) < 4.78 is 5.82. The Balaban J connectivity index is 2.17. The zero-order valence-electron chi connectivity index (χ0n) is 12.8. The zero-order chi connectivity index (χ0) is 15.8. The Labute approximate surface area is 131 Å². The van der Waals surface area contributed by atoms with E-state index < -0.39 is 0 Å². The van der Waals surface area contributed by atoms with Crippen molar-refractivity contribution in [1.82, 2.24) is 0 Å². The predicted octanol–water partition coefficient (Wildman–Crippen LogP) is 4.50. The average Bonchev–Trinajstić information content (AvgIpc) is 2.99. The van der Waals surface area contributed by atoms with Gasteiger partial charge in [-0.1, -0.05) is 12.1 Å². The minimum Gasteiger partial charge on any atom is -0.451 e. The summed E-state index contributed by atoms with van der Waals surface area (Å²) in [6, 6.07) is 3.78. The van der Waals surface area contributed by atoms with E-state index in [2.05, 4.69) is 0 Å². The third kappa shape index (κ3) is 1.45. The maximum absolute atomic E-state index is 13.1. The van der Waals surface area contributed by atoms with Crippen molar-refractivity contribution in [2.45, 2.75) is 27.7 Å². The topological polar surface area (TPSA) is 47.3 Å². The minimum atomic E-state index is -0.175. The van der Waals surface area contributed by atoms with Gasteiger partial charge in [0.1, 0.15) is 5.58 Å². The molecule has 3 aromatic rings. The molecule has 0 saturated carbocycles. The van der Waals surface area contributed by atoms with Gasteiger partial charge in [0.2, 0.25) is 5.78 Å². The van der Waals surface area contributed by atoms with Crippen molar-refractivity contribution in [3.63, 3.8) is 0 Å². The molecule has 0 bridgehead atoms. The molecule has 1 aliphatic carbocycles. The molecule has 2 aromatic heterocycles. The minimum absolute atomic E-state index is 0.0922. The number of ketones is 2. The van der Waals surface area contributed by atoms with Gasteiger partial charge in [0.05, 0.1) is 5.56 Å². The molecule has 22 heavy (non-hydrogen) atoms. The second-order valence-electron chi connectivity index (χ2n) is 5.83. The molecule has 0 N–H and O–H groups in total. The van der Waals surface area contributed by atoms with Crippen LogP contribution in [0.3, 0.4) is 0 Å². The number of hydrogen-bond donors (Lipinski definition) is 0. The quantitative estimate of drug-likeness (QED) is 0.480. The molecular weight excluding hydrogens is 296 g/mol. The molecule has 1 aromatic carbocycles. The summed E-state index contributed by atoms with van der Waals surface area (Å²) in [6.07, 6.45) is 0. The second-order valence-corrected chi connectivity index (χ2v) is 7.26. The third-order valence-corrected chi connectivity index (χ3v) is 5.40. The lowest BCUT2D eigenvalue weighted by Gasteiger charge is -2.17. The van der Waals surface area contributed by atoms with Crippen molar-refractivity contribution in [3.05, 3.63) is 55.5 Å². The smallest absolute Gasteiger partial charge is 0.230 e. The van der Waals surface area contributed by atoms with Crippen molar-refractivity contribution < 1.29 is 14.0 Å². The van der Waals surface area contributed by atoms with Gasteiger partial charge in [-0.3, -0.25) is 9.59 Å². The largest absolute Gasteiger partial charge is 0.451 e. The molecule has 0 saturated heterocycles. The van der Waals surface area contributed by atoms with Crippen LogP contribution in [-0.4, -0.2) is 11.6 Å². The summed E-state index contributed by atoms with van der Waals surface area (Å²) in [5.74, 6) is -0.0635. The average molecular weight is 310 g/mol. The maximum Gasteiger partial charge on any atom is 0.230 e. The van der Waals surface area contributed by atoms with Gasteiger partial charge in [-0.2, -0.15) is 0 Å².